The fourth-order valence-electron chi connectivity index (χ4n) is 4.09. The second-order valence-corrected chi connectivity index (χ2v) is 7.75. The minimum absolute atomic E-state index is 0.0747. The zero-order chi connectivity index (χ0) is 19.3. The van der Waals surface area contributed by atoms with Crippen LogP contribution in [0, 0.1) is 6.92 Å². The molecule has 3 aromatic rings. The van der Waals surface area contributed by atoms with Crippen molar-refractivity contribution in [1.29, 1.82) is 0 Å². The van der Waals surface area contributed by atoms with Gasteiger partial charge in [0.25, 0.3) is 5.56 Å². The number of pyridine rings is 1. The van der Waals surface area contributed by atoms with E-state index in [2.05, 4.69) is 33.3 Å². The van der Waals surface area contributed by atoms with Crippen molar-refractivity contribution in [3.63, 3.8) is 0 Å². The molecule has 0 amide bonds. The van der Waals surface area contributed by atoms with Gasteiger partial charge in [-0.2, -0.15) is 0 Å². The van der Waals surface area contributed by atoms with E-state index >= 15 is 0 Å². The van der Waals surface area contributed by atoms with Gasteiger partial charge in [0.2, 0.25) is 0 Å². The van der Waals surface area contributed by atoms with Crippen LogP contribution in [0.25, 0.3) is 10.8 Å². The van der Waals surface area contributed by atoms with Gasteiger partial charge in [-0.1, -0.05) is 18.2 Å². The van der Waals surface area contributed by atoms with E-state index in [4.69, 9.17) is 0 Å². The fraction of sp³-hybridized carbons (Fsp3) is 0.364. The number of nitrogens with one attached hydrogen (secondary N) is 1. The van der Waals surface area contributed by atoms with E-state index in [0.29, 0.717) is 6.04 Å². The number of hydrogen-bond acceptors (Lipinski definition) is 5. The highest BCUT2D eigenvalue weighted by atomic mass is 16.1. The topological polar surface area (TPSA) is 72.2 Å². The summed E-state index contributed by atoms with van der Waals surface area (Å²) < 4.78 is 1.99. The average molecular weight is 373 g/mol. The number of aryl methyl sites for hydroxylation is 2. The number of benzene rings is 1. The van der Waals surface area contributed by atoms with Gasteiger partial charge in [-0.15, -0.1) is 0 Å². The number of aromatic nitrogens is 3. The molecule has 1 aliphatic carbocycles. The molecule has 6 heteroatoms. The predicted molar refractivity (Wildman–Crippen MR) is 112 cm³/mol. The SMILES string of the molecule is Cc1cccc2cc(C(C)Nc3ncnc4c3N=CCC4)n(C3CC3)c(=O)c12. The third kappa shape index (κ3) is 2.80. The second-order valence-electron chi connectivity index (χ2n) is 7.75. The molecule has 6 nitrogen and oxygen atoms in total. The van der Waals surface area contributed by atoms with Gasteiger partial charge in [0.05, 0.1) is 17.1 Å². The molecule has 2 aliphatic rings. The van der Waals surface area contributed by atoms with Crippen LogP contribution in [-0.2, 0) is 6.42 Å². The van der Waals surface area contributed by atoms with Crippen LogP contribution in [0.1, 0.15) is 55.2 Å². The Labute approximate surface area is 163 Å². The van der Waals surface area contributed by atoms with Crippen molar-refractivity contribution in [2.75, 3.05) is 5.32 Å². The summed E-state index contributed by atoms with van der Waals surface area (Å²) in [6.07, 6.45) is 7.41. The summed E-state index contributed by atoms with van der Waals surface area (Å²) in [7, 11) is 0. The summed E-state index contributed by atoms with van der Waals surface area (Å²) in [5.74, 6) is 0.729. The lowest BCUT2D eigenvalue weighted by Gasteiger charge is -2.22. The van der Waals surface area contributed by atoms with Crippen molar-refractivity contribution in [2.45, 2.75) is 51.6 Å². The van der Waals surface area contributed by atoms with Gasteiger partial charge < -0.3 is 9.88 Å². The van der Waals surface area contributed by atoms with Crippen LogP contribution in [0.3, 0.4) is 0 Å². The first kappa shape index (κ1) is 17.1. The lowest BCUT2D eigenvalue weighted by Crippen LogP contribution is -2.26. The van der Waals surface area contributed by atoms with E-state index in [0.717, 1.165) is 64.9 Å². The highest BCUT2D eigenvalue weighted by Gasteiger charge is 2.29. The minimum Gasteiger partial charge on any atom is -0.360 e. The van der Waals surface area contributed by atoms with Crippen molar-refractivity contribution in [2.24, 2.45) is 4.99 Å². The highest BCUT2D eigenvalue weighted by Crippen LogP contribution is 2.38. The lowest BCUT2D eigenvalue weighted by molar-refractivity contribution is 0.635. The standard InChI is InChI=1S/C22H23N5O/c1-13-5-3-6-15-11-18(27(16-8-9-16)22(28)19(13)15)14(2)26-21-20-17(24-12-25-21)7-4-10-23-20/h3,5-6,10-12,14,16H,4,7-9H2,1-2H3,(H,24,25,26). The van der Waals surface area contributed by atoms with Crippen LogP contribution in [0.4, 0.5) is 11.5 Å². The molecule has 3 heterocycles. The van der Waals surface area contributed by atoms with Crippen molar-refractivity contribution in [3.8, 4) is 0 Å². The van der Waals surface area contributed by atoms with E-state index in [1.54, 1.807) is 6.33 Å². The molecular formula is C22H23N5O. The number of anilines is 1. The number of nitrogens with zero attached hydrogens (tertiary/aromatic N) is 4. The summed E-state index contributed by atoms with van der Waals surface area (Å²) in [6, 6.07) is 8.41. The maximum atomic E-state index is 13.3. The Bertz CT molecular complexity index is 1160. The van der Waals surface area contributed by atoms with Gasteiger partial charge in [0.1, 0.15) is 12.0 Å². The average Bonchev–Trinajstić information content (AvgIpc) is 3.53. The molecular weight excluding hydrogens is 350 g/mol. The van der Waals surface area contributed by atoms with Gasteiger partial charge in [-0.05, 0) is 56.5 Å². The quantitative estimate of drug-likeness (QED) is 0.742. The van der Waals surface area contributed by atoms with Crippen molar-refractivity contribution < 1.29 is 0 Å². The molecule has 1 N–H and O–H groups in total. The molecule has 0 bridgehead atoms. The molecule has 0 saturated heterocycles. The molecule has 142 valence electrons. The second kappa shape index (κ2) is 6.55. The zero-order valence-corrected chi connectivity index (χ0v) is 16.1. The van der Waals surface area contributed by atoms with E-state index < -0.39 is 0 Å². The van der Waals surface area contributed by atoms with Crippen molar-refractivity contribution in [3.05, 3.63) is 57.9 Å². The summed E-state index contributed by atoms with van der Waals surface area (Å²) >= 11 is 0. The van der Waals surface area contributed by atoms with Crippen LogP contribution in [0.5, 0.6) is 0 Å². The molecule has 2 aromatic heterocycles. The Kier molecular flexibility index (Phi) is 4.00. The van der Waals surface area contributed by atoms with Crippen LogP contribution in [-0.4, -0.2) is 20.7 Å². The fourth-order valence-corrected chi connectivity index (χ4v) is 4.09. The number of rotatable bonds is 4. The third-order valence-corrected chi connectivity index (χ3v) is 5.66. The molecule has 0 spiro atoms. The molecule has 1 atom stereocenters. The summed E-state index contributed by atoms with van der Waals surface area (Å²) in [4.78, 5) is 26.6. The Balaban J connectivity index is 1.61. The van der Waals surface area contributed by atoms with Gasteiger partial charge in [0.15, 0.2) is 5.82 Å². The number of hydrogen-bond donors (Lipinski definition) is 1. The van der Waals surface area contributed by atoms with Crippen molar-refractivity contribution in [1.82, 2.24) is 14.5 Å². The van der Waals surface area contributed by atoms with E-state index in [-0.39, 0.29) is 11.6 Å². The van der Waals surface area contributed by atoms with Crippen LogP contribution in [0.2, 0.25) is 0 Å². The zero-order valence-electron chi connectivity index (χ0n) is 16.1. The van der Waals surface area contributed by atoms with Crippen LogP contribution < -0.4 is 10.9 Å². The minimum atomic E-state index is -0.0747. The maximum absolute atomic E-state index is 13.3. The lowest BCUT2D eigenvalue weighted by atomic mass is 10.0. The number of fused-ring (bicyclic) bond motifs is 2. The van der Waals surface area contributed by atoms with Gasteiger partial charge in [0, 0.05) is 18.0 Å². The first-order valence-corrected chi connectivity index (χ1v) is 9.91. The smallest absolute Gasteiger partial charge is 0.259 e. The Hall–Kier alpha value is -3.02. The number of aliphatic imine (C=N–C) groups is 1. The summed E-state index contributed by atoms with van der Waals surface area (Å²) in [5.41, 5.74) is 3.93. The molecule has 28 heavy (non-hydrogen) atoms. The van der Waals surface area contributed by atoms with E-state index in [9.17, 15) is 4.79 Å². The molecule has 1 saturated carbocycles. The van der Waals surface area contributed by atoms with Gasteiger partial charge >= 0.3 is 0 Å². The first-order chi connectivity index (χ1) is 13.6. The van der Waals surface area contributed by atoms with Gasteiger partial charge in [-0.3, -0.25) is 9.79 Å². The van der Waals surface area contributed by atoms with E-state index in [1.165, 1.54) is 0 Å². The van der Waals surface area contributed by atoms with Crippen LogP contribution >= 0.6 is 0 Å². The Morgan fingerprint density at radius 2 is 2.11 bits per heavy atom. The molecule has 1 fully saturated rings. The predicted octanol–water partition coefficient (Wildman–Crippen LogP) is 4.26. The molecule has 0 radical (unpaired) electrons. The molecule has 1 aromatic carbocycles. The summed E-state index contributed by atoms with van der Waals surface area (Å²) in [6.45, 7) is 4.09. The largest absolute Gasteiger partial charge is 0.360 e. The Morgan fingerprint density at radius 3 is 2.93 bits per heavy atom. The maximum Gasteiger partial charge on any atom is 0.259 e. The molecule has 5 rings (SSSR count). The monoisotopic (exact) mass is 373 g/mol. The van der Waals surface area contributed by atoms with E-state index in [1.807, 2.05) is 35.9 Å². The van der Waals surface area contributed by atoms with Crippen LogP contribution in [0.15, 0.2) is 40.4 Å². The normalized spacial score (nSPS) is 16.8. The highest BCUT2D eigenvalue weighted by molar-refractivity contribution is 5.85. The molecule has 1 unspecified atom stereocenters. The Morgan fingerprint density at radius 1 is 1.25 bits per heavy atom. The third-order valence-electron chi connectivity index (χ3n) is 5.66. The van der Waals surface area contributed by atoms with Crippen molar-refractivity contribution >= 4 is 28.5 Å². The molecule has 1 aliphatic heterocycles. The first-order valence-electron chi connectivity index (χ1n) is 9.91. The van der Waals surface area contributed by atoms with Gasteiger partial charge in [-0.25, -0.2) is 9.97 Å². The summed E-state index contributed by atoms with van der Waals surface area (Å²) in [5, 5.41) is 5.31.